The quantitative estimate of drug-likeness (QED) is 0.806. The summed E-state index contributed by atoms with van der Waals surface area (Å²) in [7, 11) is 2.13. The predicted molar refractivity (Wildman–Crippen MR) is 91.8 cm³/mol. The number of likely N-dealkylation sites (N-methyl/N-ethyl adjacent to an activating group) is 1. The van der Waals surface area contributed by atoms with E-state index in [0.717, 1.165) is 53.4 Å². The van der Waals surface area contributed by atoms with Gasteiger partial charge >= 0.3 is 0 Å². The van der Waals surface area contributed by atoms with E-state index in [1.54, 1.807) is 17.4 Å². The second-order valence-corrected chi connectivity index (χ2v) is 7.13. The first-order chi connectivity index (χ1) is 11.1. The predicted octanol–water partition coefficient (Wildman–Crippen LogP) is 2.97. The highest BCUT2D eigenvalue weighted by Crippen LogP contribution is 2.37. The van der Waals surface area contributed by atoms with Gasteiger partial charge in [-0.25, -0.2) is 14.4 Å². The number of nitrogens with zero attached hydrogens (tertiary/aromatic N) is 4. The van der Waals surface area contributed by atoms with Crippen LogP contribution in [-0.4, -0.2) is 53.8 Å². The molecular weight excluding hydrogens is 313 g/mol. The third-order valence-electron chi connectivity index (χ3n) is 4.18. The van der Waals surface area contributed by atoms with Crippen LogP contribution in [0.4, 0.5) is 21.6 Å². The Labute approximate surface area is 138 Å². The number of nitrogens with one attached hydrogen (secondary N) is 1. The minimum Gasteiger partial charge on any atom is -0.353 e. The van der Waals surface area contributed by atoms with E-state index in [1.807, 2.05) is 6.92 Å². The van der Waals surface area contributed by atoms with Crippen LogP contribution in [0.25, 0.3) is 0 Å². The van der Waals surface area contributed by atoms with Crippen LogP contribution in [0, 0.1) is 12.7 Å². The Kier molecular flexibility index (Phi) is 3.54. The molecule has 0 spiro atoms. The molecular formula is C16H18FN5S. The molecule has 1 saturated heterocycles. The monoisotopic (exact) mass is 331 g/mol. The van der Waals surface area contributed by atoms with Gasteiger partial charge in [0.1, 0.15) is 10.7 Å². The number of rotatable bonds is 0. The van der Waals surface area contributed by atoms with Crippen molar-refractivity contribution >= 4 is 34.4 Å². The molecule has 23 heavy (non-hydrogen) atoms. The van der Waals surface area contributed by atoms with Crippen molar-refractivity contribution in [1.29, 1.82) is 0 Å². The zero-order valence-electron chi connectivity index (χ0n) is 13.1. The average Bonchev–Trinajstić information content (AvgIpc) is 2.82. The molecule has 0 bridgehead atoms. The molecule has 1 aromatic carbocycles. The van der Waals surface area contributed by atoms with Crippen molar-refractivity contribution in [2.24, 2.45) is 4.99 Å². The van der Waals surface area contributed by atoms with E-state index in [0.29, 0.717) is 5.69 Å². The Balaban J connectivity index is 1.82. The second kappa shape index (κ2) is 5.58. The summed E-state index contributed by atoms with van der Waals surface area (Å²) in [5.41, 5.74) is 1.42. The van der Waals surface area contributed by atoms with Crippen LogP contribution < -0.4 is 5.32 Å². The molecule has 4 rings (SSSR count). The summed E-state index contributed by atoms with van der Waals surface area (Å²) in [6.07, 6.45) is 0. The van der Waals surface area contributed by atoms with Crippen LogP contribution in [0.2, 0.25) is 0 Å². The fourth-order valence-corrected chi connectivity index (χ4v) is 3.78. The lowest BCUT2D eigenvalue weighted by Crippen LogP contribution is -2.47. The fourth-order valence-electron chi connectivity index (χ4n) is 2.89. The number of fused-ring (bicyclic) bond motifs is 2. The minimum absolute atomic E-state index is 0.276. The van der Waals surface area contributed by atoms with Crippen LogP contribution >= 0.6 is 11.3 Å². The zero-order chi connectivity index (χ0) is 16.0. The normalized spacial score (nSPS) is 17.9. The van der Waals surface area contributed by atoms with E-state index in [-0.39, 0.29) is 5.82 Å². The maximum Gasteiger partial charge on any atom is 0.152 e. The maximum absolute atomic E-state index is 13.6. The van der Waals surface area contributed by atoms with Crippen LogP contribution in [0.3, 0.4) is 0 Å². The van der Waals surface area contributed by atoms with Gasteiger partial charge in [0.15, 0.2) is 11.7 Å². The third-order valence-corrected chi connectivity index (χ3v) is 5.15. The smallest absolute Gasteiger partial charge is 0.152 e. The van der Waals surface area contributed by atoms with Gasteiger partial charge in [0.2, 0.25) is 0 Å². The molecule has 1 fully saturated rings. The van der Waals surface area contributed by atoms with E-state index >= 15 is 0 Å². The van der Waals surface area contributed by atoms with Crippen LogP contribution in [0.15, 0.2) is 23.2 Å². The number of halogens is 1. The topological polar surface area (TPSA) is 43.8 Å². The lowest BCUT2D eigenvalue weighted by molar-refractivity contribution is 0.216. The maximum atomic E-state index is 13.6. The molecule has 0 amide bonds. The molecule has 2 aliphatic rings. The Morgan fingerprint density at radius 3 is 2.78 bits per heavy atom. The summed E-state index contributed by atoms with van der Waals surface area (Å²) in [6, 6.07) is 4.64. The number of piperazine rings is 1. The number of anilines is 2. The molecule has 1 N–H and O–H groups in total. The van der Waals surface area contributed by atoms with E-state index in [4.69, 9.17) is 4.99 Å². The number of benzene rings is 1. The molecule has 1 aromatic heterocycles. The van der Waals surface area contributed by atoms with Gasteiger partial charge < -0.3 is 15.1 Å². The first-order valence-corrected chi connectivity index (χ1v) is 8.48. The Bertz CT molecular complexity index is 777. The van der Waals surface area contributed by atoms with Gasteiger partial charge in [0, 0.05) is 32.2 Å². The van der Waals surface area contributed by atoms with Crippen molar-refractivity contribution in [2.75, 3.05) is 38.5 Å². The van der Waals surface area contributed by atoms with Gasteiger partial charge in [0.25, 0.3) is 0 Å². The number of aryl methyl sites for hydroxylation is 1. The average molecular weight is 331 g/mol. The number of hydrogen-bond acceptors (Lipinski definition) is 6. The third kappa shape index (κ3) is 2.70. The lowest BCUT2D eigenvalue weighted by atomic mass is 10.2. The summed E-state index contributed by atoms with van der Waals surface area (Å²) in [6.45, 7) is 5.81. The molecule has 120 valence electrons. The van der Waals surface area contributed by atoms with Crippen LogP contribution in [0.1, 0.15) is 9.88 Å². The molecule has 0 radical (unpaired) electrons. The van der Waals surface area contributed by atoms with Gasteiger partial charge in [0.05, 0.1) is 16.4 Å². The van der Waals surface area contributed by atoms with E-state index in [1.165, 1.54) is 12.1 Å². The van der Waals surface area contributed by atoms with Crippen molar-refractivity contribution in [3.05, 3.63) is 33.9 Å². The Hall–Kier alpha value is -1.99. The summed E-state index contributed by atoms with van der Waals surface area (Å²) in [4.78, 5) is 15.0. The van der Waals surface area contributed by atoms with E-state index in [2.05, 4.69) is 27.1 Å². The Morgan fingerprint density at radius 2 is 2.00 bits per heavy atom. The van der Waals surface area contributed by atoms with Gasteiger partial charge in [-0.15, -0.1) is 11.3 Å². The first-order valence-electron chi connectivity index (χ1n) is 7.67. The van der Waals surface area contributed by atoms with Crippen LogP contribution in [0.5, 0.6) is 0 Å². The molecule has 2 aliphatic heterocycles. The summed E-state index contributed by atoms with van der Waals surface area (Å²) >= 11 is 1.63. The number of hydrogen-bond donors (Lipinski definition) is 1. The summed E-state index contributed by atoms with van der Waals surface area (Å²) in [5.74, 6) is 1.44. The van der Waals surface area contributed by atoms with Gasteiger partial charge in [-0.2, -0.15) is 0 Å². The second-order valence-electron chi connectivity index (χ2n) is 5.92. The van der Waals surface area contributed by atoms with Crippen molar-refractivity contribution in [3.8, 4) is 0 Å². The van der Waals surface area contributed by atoms with Crippen LogP contribution in [-0.2, 0) is 0 Å². The van der Waals surface area contributed by atoms with E-state index in [9.17, 15) is 4.39 Å². The number of thiazole rings is 1. The van der Waals surface area contributed by atoms with Crippen molar-refractivity contribution in [1.82, 2.24) is 14.8 Å². The summed E-state index contributed by atoms with van der Waals surface area (Å²) in [5, 5.41) is 4.31. The standard InChI is InChI=1S/C16H18FN5S/c1-10-18-15-14(23-10)16(22-7-5-21(2)6-8-22)20-13-9-11(17)3-4-12(13)19-15/h3-4,9,19H,5-8H2,1-2H3. The number of aromatic nitrogens is 1. The SMILES string of the molecule is Cc1nc2c(s1)C(N1CCN(C)CC1)=Nc1cc(F)ccc1N2. The fraction of sp³-hybridized carbons (Fsp3) is 0.375. The molecule has 0 aliphatic carbocycles. The molecule has 7 heteroatoms. The molecule has 0 atom stereocenters. The van der Waals surface area contributed by atoms with Gasteiger partial charge in [-0.3, -0.25) is 0 Å². The van der Waals surface area contributed by atoms with Gasteiger partial charge in [-0.1, -0.05) is 0 Å². The zero-order valence-corrected chi connectivity index (χ0v) is 14.0. The molecule has 2 aromatic rings. The van der Waals surface area contributed by atoms with Crippen molar-refractivity contribution in [2.45, 2.75) is 6.92 Å². The highest BCUT2D eigenvalue weighted by molar-refractivity contribution is 7.14. The minimum atomic E-state index is -0.276. The van der Waals surface area contributed by atoms with E-state index < -0.39 is 0 Å². The molecule has 3 heterocycles. The molecule has 5 nitrogen and oxygen atoms in total. The van der Waals surface area contributed by atoms with Gasteiger partial charge in [-0.05, 0) is 26.1 Å². The highest BCUT2D eigenvalue weighted by Gasteiger charge is 2.26. The first kappa shape index (κ1) is 14.6. The number of aliphatic imine (C=N–C) groups is 1. The Morgan fingerprint density at radius 1 is 1.22 bits per heavy atom. The van der Waals surface area contributed by atoms with Crippen molar-refractivity contribution < 1.29 is 4.39 Å². The molecule has 0 saturated carbocycles. The summed E-state index contributed by atoms with van der Waals surface area (Å²) < 4.78 is 13.6. The lowest BCUT2D eigenvalue weighted by Gasteiger charge is -2.34. The van der Waals surface area contributed by atoms with Crippen molar-refractivity contribution in [3.63, 3.8) is 0 Å². The molecule has 0 unspecified atom stereocenters. The number of amidine groups is 1. The highest BCUT2D eigenvalue weighted by atomic mass is 32.1. The largest absolute Gasteiger partial charge is 0.353 e.